The molecule has 0 heterocycles. The number of aliphatic carboxylic acids is 1. The average molecular weight is 389 g/mol. The maximum absolute atomic E-state index is 12.4. The minimum absolute atomic E-state index is 0.472. The predicted octanol–water partition coefficient (Wildman–Crippen LogP) is -3.60. The number of carboxylic acids is 1. The van der Waals surface area contributed by atoms with Gasteiger partial charge in [-0.3, -0.25) is 19.2 Å². The van der Waals surface area contributed by atoms with E-state index >= 15 is 0 Å². The molecule has 0 aliphatic heterocycles. The van der Waals surface area contributed by atoms with Gasteiger partial charge in [0.25, 0.3) is 0 Å². The smallest absolute Gasteiger partial charge is 0.328 e. The zero-order valence-corrected chi connectivity index (χ0v) is 15.4. The zero-order chi connectivity index (χ0) is 21.3. The minimum Gasteiger partial charge on any atom is -0.480 e. The molecule has 0 aromatic rings. The highest BCUT2D eigenvalue weighted by Crippen LogP contribution is 2.05. The van der Waals surface area contributed by atoms with E-state index in [1.165, 1.54) is 6.92 Å². The van der Waals surface area contributed by atoms with E-state index in [0.717, 1.165) is 0 Å². The first-order valence-electron chi connectivity index (χ1n) is 8.19. The molecule has 0 radical (unpaired) electrons. The molecule has 0 aliphatic carbocycles. The van der Waals surface area contributed by atoms with Crippen molar-refractivity contribution in [2.45, 2.75) is 51.4 Å². The van der Waals surface area contributed by atoms with Gasteiger partial charge in [0.1, 0.15) is 18.1 Å². The second kappa shape index (κ2) is 11.1. The van der Waals surface area contributed by atoms with E-state index in [1.807, 2.05) is 0 Å². The minimum atomic E-state index is -1.55. The summed E-state index contributed by atoms with van der Waals surface area (Å²) in [6.07, 6.45) is -0.523. The fraction of sp³-hybridized carbons (Fsp3) is 0.667. The Hall–Kier alpha value is -2.73. The number of hydrogen-bond acceptors (Lipinski definition) is 7. The highest BCUT2D eigenvalue weighted by Gasteiger charge is 2.32. The Kier molecular flexibility index (Phi) is 9.96. The zero-order valence-electron chi connectivity index (χ0n) is 15.4. The number of nitrogens with two attached hydrogens (primary N) is 2. The third kappa shape index (κ3) is 8.46. The number of primary amides is 1. The van der Waals surface area contributed by atoms with Crippen molar-refractivity contribution in [2.75, 3.05) is 6.61 Å². The second-order valence-electron chi connectivity index (χ2n) is 6.33. The number of aliphatic hydroxyl groups is 1. The van der Waals surface area contributed by atoms with Crippen LogP contribution in [0, 0.1) is 5.92 Å². The molecule has 154 valence electrons. The average Bonchev–Trinajstić information content (AvgIpc) is 2.55. The van der Waals surface area contributed by atoms with E-state index in [2.05, 4.69) is 16.0 Å². The summed E-state index contributed by atoms with van der Waals surface area (Å²) in [7, 11) is 0. The highest BCUT2D eigenvalue weighted by molar-refractivity contribution is 5.96. The molecular formula is C15H27N5O7. The SMILES string of the molecule is CC(N)C(=O)NC(CC(N)=O)C(=O)NC(C(=O)NC(CO)C(=O)O)C(C)C. The van der Waals surface area contributed by atoms with E-state index in [9.17, 15) is 24.0 Å². The fourth-order valence-electron chi connectivity index (χ4n) is 1.95. The number of nitrogens with one attached hydrogen (secondary N) is 3. The second-order valence-corrected chi connectivity index (χ2v) is 6.33. The Labute approximate surface area is 156 Å². The van der Waals surface area contributed by atoms with Crippen LogP contribution in [0.25, 0.3) is 0 Å². The summed E-state index contributed by atoms with van der Waals surface area (Å²) in [5.41, 5.74) is 10.5. The molecule has 0 spiro atoms. The lowest BCUT2D eigenvalue weighted by atomic mass is 10.0. The maximum atomic E-state index is 12.4. The Bertz CT molecular complexity index is 579. The van der Waals surface area contributed by atoms with Crippen LogP contribution >= 0.6 is 0 Å². The van der Waals surface area contributed by atoms with Gasteiger partial charge in [-0.25, -0.2) is 4.79 Å². The van der Waals surface area contributed by atoms with E-state index < -0.39 is 72.7 Å². The van der Waals surface area contributed by atoms with Gasteiger partial charge in [0.05, 0.1) is 19.1 Å². The summed E-state index contributed by atoms with van der Waals surface area (Å²) in [5, 5.41) is 24.6. The van der Waals surface area contributed by atoms with Gasteiger partial charge in [0.2, 0.25) is 23.6 Å². The molecule has 0 aliphatic rings. The summed E-state index contributed by atoms with van der Waals surface area (Å²) in [6.45, 7) is 3.71. The normalized spacial score (nSPS) is 15.2. The molecule has 0 rings (SSSR count). The van der Waals surface area contributed by atoms with Crippen LogP contribution in [0.1, 0.15) is 27.2 Å². The maximum Gasteiger partial charge on any atom is 0.328 e. The highest BCUT2D eigenvalue weighted by atomic mass is 16.4. The molecule has 12 heteroatoms. The van der Waals surface area contributed by atoms with E-state index in [1.54, 1.807) is 13.8 Å². The Balaban J connectivity index is 5.29. The molecule has 0 fully saturated rings. The molecular weight excluding hydrogens is 362 g/mol. The van der Waals surface area contributed by atoms with Crippen molar-refractivity contribution < 1.29 is 34.2 Å². The van der Waals surface area contributed by atoms with Crippen molar-refractivity contribution in [2.24, 2.45) is 17.4 Å². The molecule has 4 unspecified atom stereocenters. The topological polar surface area (TPSA) is 214 Å². The van der Waals surface area contributed by atoms with Crippen LogP contribution in [0.5, 0.6) is 0 Å². The molecule has 0 aromatic heterocycles. The Morgan fingerprint density at radius 3 is 1.78 bits per heavy atom. The van der Waals surface area contributed by atoms with Gasteiger partial charge in [-0.1, -0.05) is 13.8 Å². The molecule has 4 atom stereocenters. The molecule has 0 aromatic carbocycles. The van der Waals surface area contributed by atoms with Gasteiger partial charge in [0, 0.05) is 0 Å². The van der Waals surface area contributed by atoms with Crippen molar-refractivity contribution in [1.29, 1.82) is 0 Å². The fourth-order valence-corrected chi connectivity index (χ4v) is 1.95. The van der Waals surface area contributed by atoms with Crippen LogP contribution in [-0.4, -0.2) is 70.6 Å². The van der Waals surface area contributed by atoms with E-state index in [4.69, 9.17) is 21.7 Å². The van der Waals surface area contributed by atoms with Gasteiger partial charge in [0.15, 0.2) is 0 Å². The Morgan fingerprint density at radius 2 is 1.41 bits per heavy atom. The first-order valence-corrected chi connectivity index (χ1v) is 8.19. The summed E-state index contributed by atoms with van der Waals surface area (Å²) in [5.74, 6) is -5.20. The molecule has 0 saturated heterocycles. The van der Waals surface area contributed by atoms with Crippen LogP contribution in [0.3, 0.4) is 0 Å². The standard InChI is InChI=1S/C15H27N5O7/c1-6(2)11(14(25)19-9(5-21)15(26)27)20-13(24)8(4-10(17)22)18-12(23)7(3)16/h6-9,11,21H,4-5,16H2,1-3H3,(H2,17,22)(H,18,23)(H,19,25)(H,20,24)(H,26,27). The third-order valence-corrected chi connectivity index (χ3v) is 3.50. The lowest BCUT2D eigenvalue weighted by Crippen LogP contribution is -2.59. The summed E-state index contributed by atoms with van der Waals surface area (Å²) in [6, 6.07) is -5.04. The molecule has 4 amide bonds. The van der Waals surface area contributed by atoms with Crippen LogP contribution in [-0.2, 0) is 24.0 Å². The number of carbonyl (C=O) groups excluding carboxylic acids is 4. The van der Waals surface area contributed by atoms with Gasteiger partial charge in [-0.2, -0.15) is 0 Å². The largest absolute Gasteiger partial charge is 0.480 e. The number of carboxylic acid groups (broad SMARTS) is 1. The van der Waals surface area contributed by atoms with E-state index in [0.29, 0.717) is 0 Å². The summed E-state index contributed by atoms with van der Waals surface area (Å²) < 4.78 is 0. The third-order valence-electron chi connectivity index (χ3n) is 3.50. The quantitative estimate of drug-likeness (QED) is 0.187. The van der Waals surface area contributed by atoms with Crippen molar-refractivity contribution in [3.8, 4) is 0 Å². The van der Waals surface area contributed by atoms with Crippen molar-refractivity contribution in [1.82, 2.24) is 16.0 Å². The van der Waals surface area contributed by atoms with Crippen molar-refractivity contribution in [3.05, 3.63) is 0 Å². The van der Waals surface area contributed by atoms with Crippen molar-refractivity contribution in [3.63, 3.8) is 0 Å². The molecule has 0 saturated carbocycles. The first kappa shape index (κ1) is 24.3. The van der Waals surface area contributed by atoms with Crippen LogP contribution < -0.4 is 27.4 Å². The lowest BCUT2D eigenvalue weighted by molar-refractivity contribution is -0.143. The lowest BCUT2D eigenvalue weighted by Gasteiger charge is -2.26. The first-order chi connectivity index (χ1) is 12.4. The van der Waals surface area contributed by atoms with Crippen LogP contribution in [0.2, 0.25) is 0 Å². The summed E-state index contributed by atoms with van der Waals surface area (Å²) >= 11 is 0. The molecule has 27 heavy (non-hydrogen) atoms. The number of rotatable bonds is 11. The van der Waals surface area contributed by atoms with Gasteiger partial charge in [-0.05, 0) is 12.8 Å². The van der Waals surface area contributed by atoms with Crippen LogP contribution in [0.15, 0.2) is 0 Å². The van der Waals surface area contributed by atoms with Gasteiger partial charge in [-0.15, -0.1) is 0 Å². The van der Waals surface area contributed by atoms with Crippen LogP contribution in [0.4, 0.5) is 0 Å². The number of amides is 4. The molecule has 12 nitrogen and oxygen atoms in total. The Morgan fingerprint density at radius 1 is 0.889 bits per heavy atom. The number of carbonyl (C=O) groups is 5. The van der Waals surface area contributed by atoms with Crippen molar-refractivity contribution >= 4 is 29.6 Å². The predicted molar refractivity (Wildman–Crippen MR) is 92.8 cm³/mol. The monoisotopic (exact) mass is 389 g/mol. The van der Waals surface area contributed by atoms with Gasteiger partial charge < -0.3 is 37.6 Å². The van der Waals surface area contributed by atoms with E-state index in [-0.39, 0.29) is 0 Å². The number of hydrogen-bond donors (Lipinski definition) is 7. The number of aliphatic hydroxyl groups excluding tert-OH is 1. The summed E-state index contributed by atoms with van der Waals surface area (Å²) in [4.78, 5) is 58.5. The van der Waals surface area contributed by atoms with Gasteiger partial charge >= 0.3 is 5.97 Å². The molecule has 9 N–H and O–H groups in total. The molecule has 0 bridgehead atoms.